The molecule has 1 unspecified atom stereocenters. The molecule has 0 radical (unpaired) electrons. The van der Waals surface area contributed by atoms with Gasteiger partial charge in [-0.3, -0.25) is 0 Å². The van der Waals surface area contributed by atoms with Gasteiger partial charge in [-0.2, -0.15) is 4.98 Å². The molecule has 1 fully saturated rings. The van der Waals surface area contributed by atoms with Crippen LogP contribution in [0.15, 0.2) is 47.2 Å². The molecule has 4 rings (SSSR count). The summed E-state index contributed by atoms with van der Waals surface area (Å²) in [5, 5.41) is 4.22. The molecule has 27 heavy (non-hydrogen) atoms. The molecular weight excluding hydrogens is 340 g/mol. The fourth-order valence-electron chi connectivity index (χ4n) is 3.59. The van der Waals surface area contributed by atoms with E-state index in [4.69, 9.17) is 4.52 Å². The Morgan fingerprint density at radius 3 is 2.89 bits per heavy atom. The molecule has 3 aromatic rings. The predicted molar refractivity (Wildman–Crippen MR) is 105 cm³/mol. The normalized spacial score (nSPS) is 17.6. The molecule has 3 heterocycles. The SMILES string of the molecule is CN(C)CCn1ccnc1C1CCCN(c2noc(-c3ccccc3)n2)C1. The third kappa shape index (κ3) is 4.03. The van der Waals surface area contributed by atoms with Gasteiger partial charge in [-0.1, -0.05) is 18.2 Å². The highest BCUT2D eigenvalue weighted by Gasteiger charge is 2.27. The van der Waals surface area contributed by atoms with E-state index in [9.17, 15) is 0 Å². The molecule has 7 heteroatoms. The Morgan fingerprint density at radius 2 is 2.07 bits per heavy atom. The molecule has 0 bridgehead atoms. The molecule has 0 spiro atoms. The van der Waals surface area contributed by atoms with Gasteiger partial charge in [-0.15, -0.1) is 0 Å². The molecule has 0 amide bonds. The number of piperidine rings is 1. The average Bonchev–Trinajstić information content (AvgIpc) is 3.37. The van der Waals surface area contributed by atoms with Crippen molar-refractivity contribution in [3.63, 3.8) is 0 Å². The average molecular weight is 366 g/mol. The standard InChI is InChI=1S/C20H26N6O/c1-24(2)13-14-25-12-10-21-18(25)17-9-6-11-26(15-17)20-22-19(27-23-20)16-7-4-3-5-8-16/h3-5,7-8,10,12,17H,6,9,11,13-15H2,1-2H3. The lowest BCUT2D eigenvalue weighted by molar-refractivity contribution is 0.372. The van der Waals surface area contributed by atoms with Crippen molar-refractivity contribution in [2.24, 2.45) is 0 Å². The number of benzene rings is 1. The highest BCUT2D eigenvalue weighted by Crippen LogP contribution is 2.29. The van der Waals surface area contributed by atoms with Gasteiger partial charge in [-0.25, -0.2) is 4.98 Å². The van der Waals surface area contributed by atoms with Crippen LogP contribution in [-0.2, 0) is 6.54 Å². The summed E-state index contributed by atoms with van der Waals surface area (Å²) < 4.78 is 7.77. The van der Waals surface area contributed by atoms with Crippen LogP contribution in [0, 0.1) is 0 Å². The molecule has 1 aliphatic rings. The first-order chi connectivity index (χ1) is 13.2. The van der Waals surface area contributed by atoms with Crippen molar-refractivity contribution in [3.8, 4) is 11.5 Å². The zero-order valence-corrected chi connectivity index (χ0v) is 16.0. The van der Waals surface area contributed by atoms with E-state index in [-0.39, 0.29) is 0 Å². The first-order valence-electron chi connectivity index (χ1n) is 9.50. The van der Waals surface area contributed by atoms with Crippen LogP contribution in [0.3, 0.4) is 0 Å². The van der Waals surface area contributed by atoms with Crippen LogP contribution in [0.5, 0.6) is 0 Å². The first-order valence-corrected chi connectivity index (χ1v) is 9.50. The van der Waals surface area contributed by atoms with Crippen LogP contribution in [0.4, 0.5) is 5.95 Å². The van der Waals surface area contributed by atoms with E-state index in [1.165, 1.54) is 0 Å². The molecule has 0 saturated carbocycles. The second-order valence-electron chi connectivity index (χ2n) is 7.33. The summed E-state index contributed by atoms with van der Waals surface area (Å²) in [4.78, 5) is 13.7. The lowest BCUT2D eigenvalue weighted by atomic mass is 9.97. The van der Waals surface area contributed by atoms with Gasteiger partial charge in [0.25, 0.3) is 11.8 Å². The molecule has 1 atom stereocenters. The second kappa shape index (κ2) is 7.92. The van der Waals surface area contributed by atoms with E-state index in [0.717, 1.165) is 50.4 Å². The van der Waals surface area contributed by atoms with Crippen LogP contribution in [0.25, 0.3) is 11.5 Å². The lowest BCUT2D eigenvalue weighted by Gasteiger charge is -2.31. The van der Waals surface area contributed by atoms with Crippen molar-refractivity contribution in [1.82, 2.24) is 24.6 Å². The Morgan fingerprint density at radius 1 is 1.22 bits per heavy atom. The maximum atomic E-state index is 5.49. The topological polar surface area (TPSA) is 63.2 Å². The maximum absolute atomic E-state index is 5.49. The van der Waals surface area contributed by atoms with Crippen molar-refractivity contribution >= 4 is 5.95 Å². The van der Waals surface area contributed by atoms with Gasteiger partial charge in [0.05, 0.1) is 0 Å². The number of aromatic nitrogens is 4. The number of likely N-dealkylation sites (N-methyl/N-ethyl adjacent to an activating group) is 1. The molecule has 1 saturated heterocycles. The van der Waals surface area contributed by atoms with Crippen molar-refractivity contribution in [2.45, 2.75) is 25.3 Å². The van der Waals surface area contributed by atoms with Crippen LogP contribution >= 0.6 is 0 Å². The molecule has 0 N–H and O–H groups in total. The Bertz CT molecular complexity index is 856. The van der Waals surface area contributed by atoms with E-state index in [1.807, 2.05) is 36.5 Å². The first kappa shape index (κ1) is 17.7. The zero-order chi connectivity index (χ0) is 18.6. The number of imidazole rings is 1. The summed E-state index contributed by atoms with van der Waals surface area (Å²) in [7, 11) is 4.19. The molecule has 0 aliphatic carbocycles. The van der Waals surface area contributed by atoms with Crippen molar-refractivity contribution in [3.05, 3.63) is 48.5 Å². The molecular formula is C20H26N6O. The Kier molecular flexibility index (Phi) is 5.20. The Labute approximate surface area is 159 Å². The van der Waals surface area contributed by atoms with Crippen molar-refractivity contribution in [1.29, 1.82) is 0 Å². The van der Waals surface area contributed by atoms with E-state index in [2.05, 4.69) is 49.8 Å². The van der Waals surface area contributed by atoms with E-state index in [1.54, 1.807) is 0 Å². The molecule has 2 aromatic heterocycles. The third-order valence-corrected chi connectivity index (χ3v) is 5.04. The summed E-state index contributed by atoms with van der Waals surface area (Å²) in [5.74, 6) is 2.79. The lowest BCUT2D eigenvalue weighted by Crippen LogP contribution is -2.36. The molecule has 1 aliphatic heterocycles. The van der Waals surface area contributed by atoms with Gasteiger partial charge in [0.2, 0.25) is 0 Å². The number of rotatable bonds is 6. The minimum Gasteiger partial charge on any atom is -0.337 e. The zero-order valence-electron chi connectivity index (χ0n) is 16.0. The third-order valence-electron chi connectivity index (χ3n) is 5.04. The van der Waals surface area contributed by atoms with Gasteiger partial charge in [-0.05, 0) is 44.2 Å². The number of anilines is 1. The van der Waals surface area contributed by atoms with E-state index in [0.29, 0.717) is 17.8 Å². The second-order valence-corrected chi connectivity index (χ2v) is 7.33. The van der Waals surface area contributed by atoms with Crippen molar-refractivity contribution in [2.75, 3.05) is 38.6 Å². The molecule has 142 valence electrons. The summed E-state index contributed by atoms with van der Waals surface area (Å²) in [6.07, 6.45) is 6.23. The number of hydrogen-bond acceptors (Lipinski definition) is 6. The summed E-state index contributed by atoms with van der Waals surface area (Å²) in [6.45, 7) is 3.78. The van der Waals surface area contributed by atoms with Gasteiger partial charge in [0.1, 0.15) is 5.82 Å². The summed E-state index contributed by atoms with van der Waals surface area (Å²) >= 11 is 0. The molecule has 1 aromatic carbocycles. The number of nitrogens with zero attached hydrogens (tertiary/aromatic N) is 6. The summed E-state index contributed by atoms with van der Waals surface area (Å²) in [5.41, 5.74) is 0.948. The van der Waals surface area contributed by atoms with E-state index < -0.39 is 0 Å². The largest absolute Gasteiger partial charge is 0.337 e. The Hall–Kier alpha value is -2.67. The minimum absolute atomic E-state index is 0.384. The van der Waals surface area contributed by atoms with Gasteiger partial charge in [0.15, 0.2) is 0 Å². The monoisotopic (exact) mass is 366 g/mol. The smallest absolute Gasteiger partial charge is 0.266 e. The van der Waals surface area contributed by atoms with Crippen molar-refractivity contribution < 1.29 is 4.52 Å². The number of hydrogen-bond donors (Lipinski definition) is 0. The predicted octanol–water partition coefficient (Wildman–Crippen LogP) is 2.88. The van der Waals surface area contributed by atoms with Crippen LogP contribution in [0.2, 0.25) is 0 Å². The highest BCUT2D eigenvalue weighted by molar-refractivity contribution is 5.54. The summed E-state index contributed by atoms with van der Waals surface area (Å²) in [6, 6.07) is 9.90. The van der Waals surface area contributed by atoms with Crippen LogP contribution in [0.1, 0.15) is 24.6 Å². The van der Waals surface area contributed by atoms with Gasteiger partial charge < -0.3 is 18.9 Å². The highest BCUT2D eigenvalue weighted by atomic mass is 16.5. The minimum atomic E-state index is 0.384. The fourth-order valence-corrected chi connectivity index (χ4v) is 3.59. The van der Waals surface area contributed by atoms with Crippen LogP contribution in [-0.4, -0.2) is 58.3 Å². The van der Waals surface area contributed by atoms with E-state index >= 15 is 0 Å². The Balaban J connectivity index is 1.48. The van der Waals surface area contributed by atoms with Gasteiger partial charge >= 0.3 is 0 Å². The fraction of sp³-hybridized carbons (Fsp3) is 0.450. The maximum Gasteiger partial charge on any atom is 0.266 e. The van der Waals surface area contributed by atoms with Gasteiger partial charge in [0, 0.05) is 50.1 Å². The molecule has 7 nitrogen and oxygen atoms in total. The quantitative estimate of drug-likeness (QED) is 0.668. The van der Waals surface area contributed by atoms with Crippen LogP contribution < -0.4 is 4.90 Å².